The van der Waals surface area contributed by atoms with Crippen LogP contribution in [0.5, 0.6) is 5.75 Å². The quantitative estimate of drug-likeness (QED) is 0.633. The Labute approximate surface area is 186 Å². The lowest BCUT2D eigenvalue weighted by Gasteiger charge is -2.30. The summed E-state index contributed by atoms with van der Waals surface area (Å²) < 4.78 is 50.2. The number of esters is 1. The summed E-state index contributed by atoms with van der Waals surface area (Å²) in [6, 6.07) is 11.5. The summed E-state index contributed by atoms with van der Waals surface area (Å²) in [5.74, 6) is -1.61. The van der Waals surface area contributed by atoms with Gasteiger partial charge in [0.1, 0.15) is 11.6 Å². The highest BCUT2D eigenvalue weighted by atomic mass is 32.2. The monoisotopic (exact) mass is 464 g/mol. The van der Waals surface area contributed by atoms with Crippen LogP contribution in [-0.2, 0) is 24.3 Å². The minimum Gasteiger partial charge on any atom is -0.495 e. The van der Waals surface area contributed by atoms with E-state index in [-0.39, 0.29) is 30.8 Å². The molecule has 32 heavy (non-hydrogen) atoms. The normalized spacial score (nSPS) is 16.2. The minimum atomic E-state index is -3.77. The predicted molar refractivity (Wildman–Crippen MR) is 115 cm³/mol. The second-order valence-electron chi connectivity index (χ2n) is 7.40. The molecule has 1 amide bonds. The Morgan fingerprint density at radius 1 is 1.09 bits per heavy atom. The number of ether oxygens (including phenoxy) is 2. The van der Waals surface area contributed by atoms with Gasteiger partial charge in [-0.3, -0.25) is 9.59 Å². The Hall–Kier alpha value is -2.98. The number of carbonyl (C=O) groups is 2. The molecule has 1 N–H and O–H groups in total. The van der Waals surface area contributed by atoms with Gasteiger partial charge in [-0.05, 0) is 56.2 Å². The molecule has 8 nitrogen and oxygen atoms in total. The van der Waals surface area contributed by atoms with Gasteiger partial charge in [0, 0.05) is 13.1 Å². The number of anilines is 1. The molecule has 0 spiro atoms. The van der Waals surface area contributed by atoms with Crippen molar-refractivity contribution in [2.24, 2.45) is 5.92 Å². The smallest absolute Gasteiger partial charge is 0.309 e. The van der Waals surface area contributed by atoms with Crippen LogP contribution in [0, 0.1) is 11.7 Å². The van der Waals surface area contributed by atoms with E-state index in [0.717, 1.165) is 12.1 Å². The molecule has 2 aromatic rings. The van der Waals surface area contributed by atoms with Crippen LogP contribution >= 0.6 is 0 Å². The number of para-hydroxylation sites is 2. The summed E-state index contributed by atoms with van der Waals surface area (Å²) in [5, 5.41) is 2.66. The van der Waals surface area contributed by atoms with Crippen molar-refractivity contribution < 1.29 is 31.9 Å². The first-order chi connectivity index (χ1) is 15.2. The molecule has 172 valence electrons. The molecule has 0 radical (unpaired) electrons. The van der Waals surface area contributed by atoms with E-state index in [1.54, 1.807) is 24.3 Å². The average molecular weight is 465 g/mol. The first kappa shape index (κ1) is 23.7. The maximum absolute atomic E-state index is 13.1. The standard InChI is InChI=1S/C22H25FN2O6S/c1-15(21(26)24-19-5-3-4-6-20(19)30-2)31-22(27)16-11-13-25(14-12-16)32(28,29)18-9-7-17(23)8-10-18/h3-10,15-16H,11-14H2,1-2H3,(H,24,26). The molecule has 1 atom stereocenters. The zero-order chi connectivity index (χ0) is 23.3. The van der Waals surface area contributed by atoms with Crippen LogP contribution in [0.2, 0.25) is 0 Å². The summed E-state index contributed by atoms with van der Waals surface area (Å²) in [7, 11) is -2.28. The molecule has 1 fully saturated rings. The Balaban J connectivity index is 1.53. The van der Waals surface area contributed by atoms with Crippen LogP contribution < -0.4 is 10.1 Å². The van der Waals surface area contributed by atoms with E-state index in [1.165, 1.54) is 30.5 Å². The van der Waals surface area contributed by atoms with Gasteiger partial charge in [-0.1, -0.05) is 12.1 Å². The number of piperidine rings is 1. The van der Waals surface area contributed by atoms with Crippen molar-refractivity contribution in [2.45, 2.75) is 30.8 Å². The van der Waals surface area contributed by atoms with Crippen LogP contribution in [0.15, 0.2) is 53.4 Å². The van der Waals surface area contributed by atoms with E-state index in [1.807, 2.05) is 0 Å². The van der Waals surface area contributed by atoms with Crippen LogP contribution in [0.1, 0.15) is 19.8 Å². The highest BCUT2D eigenvalue weighted by Gasteiger charge is 2.34. The third-order valence-corrected chi connectivity index (χ3v) is 7.18. The molecule has 1 heterocycles. The molecule has 10 heteroatoms. The molecule has 1 aliphatic rings. The zero-order valence-corrected chi connectivity index (χ0v) is 18.6. The number of rotatable bonds is 7. The Morgan fingerprint density at radius 2 is 1.72 bits per heavy atom. The maximum atomic E-state index is 13.1. The van der Waals surface area contributed by atoms with Gasteiger partial charge in [-0.2, -0.15) is 4.31 Å². The van der Waals surface area contributed by atoms with E-state index in [9.17, 15) is 22.4 Å². The van der Waals surface area contributed by atoms with Crippen LogP contribution in [-0.4, -0.2) is 50.9 Å². The van der Waals surface area contributed by atoms with Gasteiger partial charge in [0.05, 0.1) is 23.6 Å². The third-order valence-electron chi connectivity index (χ3n) is 5.27. The fourth-order valence-electron chi connectivity index (χ4n) is 3.39. The minimum absolute atomic E-state index is 0.00144. The van der Waals surface area contributed by atoms with E-state index >= 15 is 0 Å². The van der Waals surface area contributed by atoms with Crippen molar-refractivity contribution in [1.29, 1.82) is 0 Å². The molecule has 0 saturated carbocycles. The summed E-state index contributed by atoms with van der Waals surface area (Å²) >= 11 is 0. The number of hydrogen-bond acceptors (Lipinski definition) is 6. The van der Waals surface area contributed by atoms with Crippen LogP contribution in [0.3, 0.4) is 0 Å². The van der Waals surface area contributed by atoms with Gasteiger partial charge >= 0.3 is 5.97 Å². The number of hydrogen-bond donors (Lipinski definition) is 1. The highest BCUT2D eigenvalue weighted by molar-refractivity contribution is 7.89. The van der Waals surface area contributed by atoms with E-state index in [2.05, 4.69) is 5.32 Å². The van der Waals surface area contributed by atoms with Crippen molar-refractivity contribution in [1.82, 2.24) is 4.31 Å². The number of halogens is 1. The van der Waals surface area contributed by atoms with E-state index in [4.69, 9.17) is 9.47 Å². The lowest BCUT2D eigenvalue weighted by Crippen LogP contribution is -2.41. The Morgan fingerprint density at radius 3 is 2.34 bits per heavy atom. The molecule has 0 aliphatic carbocycles. The van der Waals surface area contributed by atoms with Crippen LogP contribution in [0.4, 0.5) is 10.1 Å². The van der Waals surface area contributed by atoms with Crippen LogP contribution in [0.25, 0.3) is 0 Å². The number of amides is 1. The number of nitrogens with one attached hydrogen (secondary N) is 1. The van der Waals surface area contributed by atoms with Gasteiger partial charge in [0.25, 0.3) is 5.91 Å². The van der Waals surface area contributed by atoms with Crippen molar-refractivity contribution in [3.05, 3.63) is 54.3 Å². The SMILES string of the molecule is COc1ccccc1NC(=O)C(C)OC(=O)C1CCN(S(=O)(=O)c2ccc(F)cc2)CC1. The first-order valence-electron chi connectivity index (χ1n) is 10.1. The number of methoxy groups -OCH3 is 1. The number of carbonyl (C=O) groups excluding carboxylic acids is 2. The lowest BCUT2D eigenvalue weighted by molar-refractivity contribution is -0.158. The van der Waals surface area contributed by atoms with Crippen molar-refractivity contribution in [2.75, 3.05) is 25.5 Å². The van der Waals surface area contributed by atoms with Gasteiger partial charge in [-0.25, -0.2) is 12.8 Å². The molecule has 0 aromatic heterocycles. The van der Waals surface area contributed by atoms with Crippen molar-refractivity contribution in [3.63, 3.8) is 0 Å². The molecular weight excluding hydrogens is 439 g/mol. The summed E-state index contributed by atoms with van der Waals surface area (Å²) in [6.45, 7) is 1.72. The third kappa shape index (κ3) is 5.43. The maximum Gasteiger partial charge on any atom is 0.309 e. The largest absolute Gasteiger partial charge is 0.495 e. The number of nitrogens with zero attached hydrogens (tertiary/aromatic N) is 1. The molecule has 2 aromatic carbocycles. The topological polar surface area (TPSA) is 102 Å². The van der Waals surface area contributed by atoms with Gasteiger partial charge in [0.2, 0.25) is 10.0 Å². The zero-order valence-electron chi connectivity index (χ0n) is 17.8. The average Bonchev–Trinajstić information content (AvgIpc) is 2.79. The fraction of sp³-hybridized carbons (Fsp3) is 0.364. The van der Waals surface area contributed by atoms with E-state index in [0.29, 0.717) is 11.4 Å². The Kier molecular flexibility index (Phi) is 7.47. The summed E-state index contributed by atoms with van der Waals surface area (Å²) in [5.41, 5.74) is 0.460. The molecule has 1 unspecified atom stereocenters. The predicted octanol–water partition coefficient (Wildman–Crippen LogP) is 2.81. The van der Waals surface area contributed by atoms with Gasteiger partial charge in [-0.15, -0.1) is 0 Å². The fourth-order valence-corrected chi connectivity index (χ4v) is 4.86. The Bertz CT molecular complexity index is 1070. The lowest BCUT2D eigenvalue weighted by atomic mass is 9.98. The van der Waals surface area contributed by atoms with Crippen molar-refractivity contribution in [3.8, 4) is 5.75 Å². The molecule has 1 saturated heterocycles. The summed E-state index contributed by atoms with van der Waals surface area (Å²) in [4.78, 5) is 24.9. The molecule has 0 bridgehead atoms. The molecule has 3 rings (SSSR count). The van der Waals surface area contributed by atoms with Crippen molar-refractivity contribution >= 4 is 27.6 Å². The number of sulfonamides is 1. The number of benzene rings is 2. The van der Waals surface area contributed by atoms with Gasteiger partial charge < -0.3 is 14.8 Å². The summed E-state index contributed by atoms with van der Waals surface area (Å²) in [6.07, 6.45) is -0.506. The first-order valence-corrected chi connectivity index (χ1v) is 11.6. The molecular formula is C22H25FN2O6S. The highest BCUT2D eigenvalue weighted by Crippen LogP contribution is 2.26. The second-order valence-corrected chi connectivity index (χ2v) is 9.34. The molecule has 1 aliphatic heterocycles. The second kappa shape index (κ2) is 10.1. The van der Waals surface area contributed by atoms with E-state index < -0.39 is 39.7 Å². The van der Waals surface area contributed by atoms with Gasteiger partial charge in [0.15, 0.2) is 6.10 Å².